The average Bonchev–Trinajstić information content (AvgIpc) is 3.41. The molecule has 0 radical (unpaired) electrons. The zero-order chi connectivity index (χ0) is 26.6. The Morgan fingerprint density at radius 1 is 0.973 bits per heavy atom. The molecule has 194 valence electrons. The number of likely N-dealkylation sites (tertiary alicyclic amines) is 1. The quantitative estimate of drug-likeness (QED) is 0.478. The summed E-state index contributed by atoms with van der Waals surface area (Å²) in [5.41, 5.74) is 3.72. The number of carbonyl (C=O) groups is 3. The van der Waals surface area contributed by atoms with Gasteiger partial charge in [-0.15, -0.1) is 11.3 Å². The molecule has 3 aromatic rings. The van der Waals surface area contributed by atoms with Gasteiger partial charge in [-0.1, -0.05) is 24.3 Å². The number of amides is 3. The first-order valence-corrected chi connectivity index (χ1v) is 12.2. The van der Waals surface area contributed by atoms with Crippen LogP contribution in [-0.2, 0) is 6.18 Å². The molecule has 2 aromatic carbocycles. The minimum Gasteiger partial charge on any atom is -0.496 e. The highest BCUT2D eigenvalue weighted by atomic mass is 32.1. The van der Waals surface area contributed by atoms with Gasteiger partial charge in [-0.3, -0.25) is 25.2 Å². The first-order chi connectivity index (χ1) is 17.7. The van der Waals surface area contributed by atoms with Crippen LogP contribution in [0.1, 0.15) is 60.5 Å². The number of para-hydroxylation sites is 1. The first kappa shape index (κ1) is 26.1. The Morgan fingerprint density at radius 3 is 2.27 bits per heavy atom. The highest BCUT2D eigenvalue weighted by Crippen LogP contribution is 2.34. The number of ether oxygens (including phenoxy) is 1. The number of carbonyl (C=O) groups excluding carboxylic acids is 3. The summed E-state index contributed by atoms with van der Waals surface area (Å²) < 4.78 is 45.1. The number of nitrogens with zero attached hydrogens (tertiary/aromatic N) is 2. The second-order valence-corrected chi connectivity index (χ2v) is 9.18. The third kappa shape index (κ3) is 5.91. The summed E-state index contributed by atoms with van der Waals surface area (Å²) in [5.74, 6) is -1.49. The van der Waals surface area contributed by atoms with Gasteiger partial charge in [0.25, 0.3) is 17.7 Å². The molecule has 1 aromatic heterocycles. The van der Waals surface area contributed by atoms with E-state index in [2.05, 4.69) is 15.8 Å². The largest absolute Gasteiger partial charge is 0.496 e. The van der Waals surface area contributed by atoms with Crippen molar-refractivity contribution in [3.05, 3.63) is 81.3 Å². The summed E-state index contributed by atoms with van der Waals surface area (Å²) >= 11 is 1.28. The standard InChI is InChI=1S/C25H23F3N4O4S/c1-36-20-9-5-3-7-17(20)21(33)30-31-22(34)19-14-37-23(29-19)15-10-12-32(13-11-15)24(35)16-6-2-4-8-18(16)25(26,27)28/h2-9,14-15H,10-13H2,1H3,(H,30,33)(H,31,34). The smallest absolute Gasteiger partial charge is 0.417 e. The van der Waals surface area contributed by atoms with Crippen LogP contribution in [0, 0.1) is 0 Å². The molecule has 0 unspecified atom stereocenters. The lowest BCUT2D eigenvalue weighted by atomic mass is 9.96. The molecule has 2 heterocycles. The number of benzene rings is 2. The SMILES string of the molecule is COc1ccccc1C(=O)NNC(=O)c1csc(C2CCN(C(=O)c3ccccc3C(F)(F)F)CC2)n1. The molecule has 0 saturated carbocycles. The molecule has 12 heteroatoms. The van der Waals surface area contributed by atoms with Crippen LogP contribution >= 0.6 is 11.3 Å². The van der Waals surface area contributed by atoms with Crippen LogP contribution < -0.4 is 15.6 Å². The van der Waals surface area contributed by atoms with E-state index in [0.717, 1.165) is 6.07 Å². The number of thiazole rings is 1. The van der Waals surface area contributed by atoms with Crippen LogP contribution in [0.15, 0.2) is 53.9 Å². The van der Waals surface area contributed by atoms with Crippen LogP contribution in [0.2, 0.25) is 0 Å². The van der Waals surface area contributed by atoms with Crippen LogP contribution in [0.3, 0.4) is 0 Å². The molecule has 8 nitrogen and oxygen atoms in total. The Balaban J connectivity index is 1.33. The van der Waals surface area contributed by atoms with Crippen molar-refractivity contribution in [2.75, 3.05) is 20.2 Å². The third-order valence-corrected chi connectivity index (χ3v) is 7.00. The minimum absolute atomic E-state index is 0.0448. The number of rotatable bonds is 5. The summed E-state index contributed by atoms with van der Waals surface area (Å²) in [7, 11) is 1.43. The summed E-state index contributed by atoms with van der Waals surface area (Å²) in [6.07, 6.45) is -3.62. The van der Waals surface area contributed by atoms with Crippen molar-refractivity contribution >= 4 is 29.1 Å². The molecule has 1 fully saturated rings. The zero-order valence-corrected chi connectivity index (χ0v) is 20.5. The number of hydrazine groups is 1. The molecule has 2 N–H and O–H groups in total. The van der Waals surface area contributed by atoms with E-state index in [4.69, 9.17) is 4.74 Å². The van der Waals surface area contributed by atoms with Gasteiger partial charge in [0, 0.05) is 24.4 Å². The lowest BCUT2D eigenvalue weighted by molar-refractivity contribution is -0.138. The predicted octanol–water partition coefficient (Wildman–Crippen LogP) is 4.27. The molecule has 1 saturated heterocycles. The Morgan fingerprint density at radius 2 is 1.59 bits per heavy atom. The van der Waals surface area contributed by atoms with Gasteiger partial charge in [-0.05, 0) is 37.1 Å². The number of piperidine rings is 1. The van der Waals surface area contributed by atoms with Crippen molar-refractivity contribution in [2.45, 2.75) is 24.9 Å². The molecule has 37 heavy (non-hydrogen) atoms. The fourth-order valence-corrected chi connectivity index (χ4v) is 5.04. The van der Waals surface area contributed by atoms with E-state index in [0.29, 0.717) is 23.6 Å². The number of aromatic nitrogens is 1. The predicted molar refractivity (Wildman–Crippen MR) is 129 cm³/mol. The van der Waals surface area contributed by atoms with Gasteiger partial charge in [-0.2, -0.15) is 13.2 Å². The summed E-state index contributed by atoms with van der Waals surface area (Å²) in [4.78, 5) is 43.4. The lowest BCUT2D eigenvalue weighted by Gasteiger charge is -2.31. The number of alkyl halides is 3. The fourth-order valence-electron chi connectivity index (χ4n) is 4.07. The van der Waals surface area contributed by atoms with Crippen LogP contribution in [0.5, 0.6) is 5.75 Å². The van der Waals surface area contributed by atoms with Gasteiger partial charge < -0.3 is 9.64 Å². The van der Waals surface area contributed by atoms with Gasteiger partial charge >= 0.3 is 6.18 Å². The highest BCUT2D eigenvalue weighted by Gasteiger charge is 2.36. The molecule has 0 bridgehead atoms. The van der Waals surface area contributed by atoms with Crippen molar-refractivity contribution in [3.8, 4) is 5.75 Å². The van der Waals surface area contributed by atoms with E-state index in [1.54, 1.807) is 29.6 Å². The van der Waals surface area contributed by atoms with Crippen molar-refractivity contribution in [1.29, 1.82) is 0 Å². The van der Waals surface area contributed by atoms with E-state index in [1.165, 1.54) is 41.5 Å². The van der Waals surface area contributed by atoms with Crippen LogP contribution in [0.4, 0.5) is 13.2 Å². The lowest BCUT2D eigenvalue weighted by Crippen LogP contribution is -2.42. The maximum Gasteiger partial charge on any atom is 0.417 e. The van der Waals surface area contributed by atoms with E-state index in [1.807, 2.05) is 0 Å². The number of hydrogen-bond acceptors (Lipinski definition) is 6. The first-order valence-electron chi connectivity index (χ1n) is 11.3. The van der Waals surface area contributed by atoms with Crippen molar-refractivity contribution in [1.82, 2.24) is 20.7 Å². The molecule has 4 rings (SSSR count). The van der Waals surface area contributed by atoms with Gasteiger partial charge in [0.2, 0.25) is 0 Å². The maximum absolute atomic E-state index is 13.3. The molecule has 3 amide bonds. The van der Waals surface area contributed by atoms with Gasteiger partial charge in [0.15, 0.2) is 0 Å². The Hall–Kier alpha value is -3.93. The number of hydrogen-bond donors (Lipinski definition) is 2. The van der Waals surface area contributed by atoms with E-state index < -0.39 is 29.5 Å². The van der Waals surface area contributed by atoms with Crippen LogP contribution in [0.25, 0.3) is 0 Å². The fraction of sp³-hybridized carbons (Fsp3) is 0.280. The van der Waals surface area contributed by atoms with E-state index in [9.17, 15) is 27.6 Å². The number of nitrogens with one attached hydrogen (secondary N) is 2. The Labute approximate surface area is 214 Å². The molecule has 0 aliphatic carbocycles. The molecule has 1 aliphatic heterocycles. The average molecular weight is 533 g/mol. The highest BCUT2D eigenvalue weighted by molar-refractivity contribution is 7.09. The molecule has 0 spiro atoms. The number of methoxy groups -OCH3 is 1. The molecule has 1 aliphatic rings. The molecule has 0 atom stereocenters. The van der Waals surface area contributed by atoms with Crippen molar-refractivity contribution < 1.29 is 32.3 Å². The molecular weight excluding hydrogens is 509 g/mol. The van der Waals surface area contributed by atoms with Crippen molar-refractivity contribution in [2.24, 2.45) is 0 Å². The van der Waals surface area contributed by atoms with Crippen molar-refractivity contribution in [3.63, 3.8) is 0 Å². The third-order valence-electron chi connectivity index (χ3n) is 5.99. The normalized spacial score (nSPS) is 14.2. The van der Waals surface area contributed by atoms with Gasteiger partial charge in [-0.25, -0.2) is 4.98 Å². The summed E-state index contributed by atoms with van der Waals surface area (Å²) in [6.45, 7) is 0.539. The second-order valence-electron chi connectivity index (χ2n) is 8.29. The summed E-state index contributed by atoms with van der Waals surface area (Å²) in [6, 6.07) is 11.3. The van der Waals surface area contributed by atoms with E-state index in [-0.39, 0.29) is 35.8 Å². The van der Waals surface area contributed by atoms with E-state index >= 15 is 0 Å². The zero-order valence-electron chi connectivity index (χ0n) is 19.7. The Bertz CT molecular complexity index is 1300. The van der Waals surface area contributed by atoms with Gasteiger partial charge in [0.1, 0.15) is 11.4 Å². The maximum atomic E-state index is 13.3. The Kier molecular flexibility index (Phi) is 7.77. The topological polar surface area (TPSA) is 101 Å². The van der Waals surface area contributed by atoms with Gasteiger partial charge in [0.05, 0.1) is 28.8 Å². The summed E-state index contributed by atoms with van der Waals surface area (Å²) in [5, 5.41) is 2.25. The monoisotopic (exact) mass is 532 g/mol. The van der Waals surface area contributed by atoms with Crippen LogP contribution in [-0.4, -0.2) is 47.8 Å². The number of halogens is 3. The second kappa shape index (κ2) is 11.0. The minimum atomic E-state index is -4.62. The molecular formula is C25H23F3N4O4S.